The van der Waals surface area contributed by atoms with Gasteiger partial charge in [0.2, 0.25) is 10.0 Å². The molecule has 1 aromatic carbocycles. The standard InChI is InChI=1S/C13H18Br2N2O2S/c1-2-17(11-5-7-16-8-6-11)20(18,19)13-9-10(14)3-4-12(13)15/h3-4,9,11,16H,2,5-8H2,1H3. The molecule has 1 fully saturated rings. The van der Waals surface area contributed by atoms with Crippen LogP contribution in [0.3, 0.4) is 0 Å². The van der Waals surface area contributed by atoms with Gasteiger partial charge in [0.25, 0.3) is 0 Å². The summed E-state index contributed by atoms with van der Waals surface area (Å²) in [5, 5.41) is 3.27. The molecular formula is C13H18Br2N2O2S. The summed E-state index contributed by atoms with van der Waals surface area (Å²) in [5.41, 5.74) is 0. The van der Waals surface area contributed by atoms with Crippen molar-refractivity contribution in [3.05, 3.63) is 27.1 Å². The maximum atomic E-state index is 12.9. The molecule has 4 nitrogen and oxygen atoms in total. The second kappa shape index (κ2) is 6.87. The van der Waals surface area contributed by atoms with E-state index in [1.54, 1.807) is 16.4 Å². The van der Waals surface area contributed by atoms with Gasteiger partial charge in [-0.05, 0) is 60.1 Å². The van der Waals surface area contributed by atoms with Crippen LogP contribution in [-0.4, -0.2) is 38.4 Å². The maximum Gasteiger partial charge on any atom is 0.244 e. The lowest BCUT2D eigenvalue weighted by Crippen LogP contribution is -2.46. The zero-order chi connectivity index (χ0) is 14.8. The molecular weight excluding hydrogens is 408 g/mol. The Bertz CT molecular complexity index is 572. The Kier molecular flexibility index (Phi) is 5.64. The predicted octanol–water partition coefficient (Wildman–Crippen LogP) is 2.97. The van der Waals surface area contributed by atoms with E-state index < -0.39 is 10.0 Å². The second-order valence-corrected chi connectivity index (χ2v) is 8.39. The third-order valence-corrected chi connectivity index (χ3v) is 7.02. The third-order valence-electron chi connectivity index (χ3n) is 3.51. The quantitative estimate of drug-likeness (QED) is 0.806. The summed E-state index contributed by atoms with van der Waals surface area (Å²) in [4.78, 5) is 0.326. The van der Waals surface area contributed by atoms with Crippen LogP contribution in [0.5, 0.6) is 0 Å². The lowest BCUT2D eigenvalue weighted by molar-refractivity contribution is 0.270. The Morgan fingerprint density at radius 2 is 1.95 bits per heavy atom. The molecule has 0 radical (unpaired) electrons. The SMILES string of the molecule is CCN(C1CCNCC1)S(=O)(=O)c1cc(Br)ccc1Br. The van der Waals surface area contributed by atoms with Crippen molar-refractivity contribution < 1.29 is 8.42 Å². The minimum Gasteiger partial charge on any atom is -0.317 e. The van der Waals surface area contributed by atoms with Crippen LogP contribution < -0.4 is 5.32 Å². The number of benzene rings is 1. The van der Waals surface area contributed by atoms with Gasteiger partial charge in [-0.3, -0.25) is 0 Å². The van der Waals surface area contributed by atoms with E-state index in [1.165, 1.54) is 0 Å². The van der Waals surface area contributed by atoms with Crippen molar-refractivity contribution in [2.75, 3.05) is 19.6 Å². The van der Waals surface area contributed by atoms with Crippen molar-refractivity contribution in [1.29, 1.82) is 0 Å². The molecule has 112 valence electrons. The number of piperidine rings is 1. The number of nitrogens with zero attached hydrogens (tertiary/aromatic N) is 1. The van der Waals surface area contributed by atoms with Gasteiger partial charge < -0.3 is 5.32 Å². The van der Waals surface area contributed by atoms with Crippen LogP contribution in [0.1, 0.15) is 19.8 Å². The van der Waals surface area contributed by atoms with Gasteiger partial charge in [-0.25, -0.2) is 8.42 Å². The molecule has 1 N–H and O–H groups in total. The fraction of sp³-hybridized carbons (Fsp3) is 0.538. The molecule has 1 heterocycles. The van der Waals surface area contributed by atoms with Crippen molar-refractivity contribution in [3.63, 3.8) is 0 Å². The Hall–Kier alpha value is 0.0500. The van der Waals surface area contributed by atoms with E-state index >= 15 is 0 Å². The number of halogens is 2. The topological polar surface area (TPSA) is 49.4 Å². The summed E-state index contributed by atoms with van der Waals surface area (Å²) in [7, 11) is -3.48. The average Bonchev–Trinajstić information content (AvgIpc) is 2.43. The highest BCUT2D eigenvalue weighted by Gasteiger charge is 2.32. The summed E-state index contributed by atoms with van der Waals surface area (Å²) in [6.45, 7) is 4.13. The van der Waals surface area contributed by atoms with E-state index in [4.69, 9.17) is 0 Å². The lowest BCUT2D eigenvalue weighted by atomic mass is 10.1. The summed E-state index contributed by atoms with van der Waals surface area (Å²) in [6.07, 6.45) is 1.72. The van der Waals surface area contributed by atoms with E-state index in [2.05, 4.69) is 37.2 Å². The van der Waals surface area contributed by atoms with Crippen LogP contribution in [0.15, 0.2) is 32.0 Å². The van der Waals surface area contributed by atoms with Crippen LogP contribution in [0.4, 0.5) is 0 Å². The van der Waals surface area contributed by atoms with E-state index in [-0.39, 0.29) is 6.04 Å². The molecule has 1 saturated heterocycles. The first-order valence-electron chi connectivity index (χ1n) is 6.64. The average molecular weight is 426 g/mol. The van der Waals surface area contributed by atoms with Gasteiger partial charge in [-0.1, -0.05) is 22.9 Å². The van der Waals surface area contributed by atoms with Crippen LogP contribution in [-0.2, 0) is 10.0 Å². The largest absolute Gasteiger partial charge is 0.317 e. The van der Waals surface area contributed by atoms with Gasteiger partial charge in [0, 0.05) is 21.5 Å². The lowest BCUT2D eigenvalue weighted by Gasteiger charge is -2.33. The number of sulfonamides is 1. The first-order valence-corrected chi connectivity index (χ1v) is 9.67. The van der Waals surface area contributed by atoms with Crippen molar-refractivity contribution in [1.82, 2.24) is 9.62 Å². The summed E-state index contributed by atoms with van der Waals surface area (Å²) < 4.78 is 28.8. The minimum atomic E-state index is -3.48. The molecule has 1 aliphatic heterocycles. The van der Waals surface area contributed by atoms with E-state index in [0.717, 1.165) is 30.4 Å². The minimum absolute atomic E-state index is 0.0807. The van der Waals surface area contributed by atoms with Crippen molar-refractivity contribution in [2.24, 2.45) is 0 Å². The van der Waals surface area contributed by atoms with Crippen molar-refractivity contribution in [2.45, 2.75) is 30.7 Å². The van der Waals surface area contributed by atoms with Gasteiger partial charge in [-0.2, -0.15) is 4.31 Å². The summed E-state index contributed by atoms with van der Waals surface area (Å²) in [5.74, 6) is 0. The Balaban J connectivity index is 2.38. The number of rotatable bonds is 4. The van der Waals surface area contributed by atoms with Crippen molar-refractivity contribution >= 4 is 41.9 Å². The number of hydrogen-bond acceptors (Lipinski definition) is 3. The first-order chi connectivity index (χ1) is 9.46. The molecule has 0 amide bonds. The first kappa shape index (κ1) is 16.4. The van der Waals surface area contributed by atoms with Crippen LogP contribution in [0.2, 0.25) is 0 Å². The monoisotopic (exact) mass is 424 g/mol. The summed E-state index contributed by atoms with van der Waals surface area (Å²) >= 11 is 6.69. The molecule has 0 aliphatic carbocycles. The van der Waals surface area contributed by atoms with Crippen LogP contribution >= 0.6 is 31.9 Å². The van der Waals surface area contributed by atoms with Gasteiger partial charge >= 0.3 is 0 Å². The normalized spacial score (nSPS) is 17.6. The third kappa shape index (κ3) is 3.44. The van der Waals surface area contributed by atoms with Gasteiger partial charge in [0.15, 0.2) is 0 Å². The van der Waals surface area contributed by atoms with Gasteiger partial charge in [0.05, 0.1) is 4.90 Å². The highest BCUT2D eigenvalue weighted by Crippen LogP contribution is 2.30. The Morgan fingerprint density at radius 3 is 2.55 bits per heavy atom. The van der Waals surface area contributed by atoms with E-state index in [1.807, 2.05) is 13.0 Å². The molecule has 20 heavy (non-hydrogen) atoms. The fourth-order valence-electron chi connectivity index (χ4n) is 2.52. The van der Waals surface area contributed by atoms with E-state index in [9.17, 15) is 8.42 Å². The zero-order valence-corrected chi connectivity index (χ0v) is 15.3. The number of nitrogens with one attached hydrogen (secondary N) is 1. The van der Waals surface area contributed by atoms with Crippen molar-refractivity contribution in [3.8, 4) is 0 Å². The highest BCUT2D eigenvalue weighted by atomic mass is 79.9. The van der Waals surface area contributed by atoms with Crippen LogP contribution in [0, 0.1) is 0 Å². The molecule has 0 aromatic heterocycles. The molecule has 0 saturated carbocycles. The maximum absolute atomic E-state index is 12.9. The molecule has 7 heteroatoms. The Morgan fingerprint density at radius 1 is 1.30 bits per heavy atom. The zero-order valence-electron chi connectivity index (χ0n) is 11.3. The second-order valence-electron chi connectivity index (χ2n) is 4.76. The Labute approximate surface area is 137 Å². The summed E-state index contributed by atoms with van der Waals surface area (Å²) in [6, 6.07) is 5.32. The molecule has 1 aromatic rings. The molecule has 0 bridgehead atoms. The highest BCUT2D eigenvalue weighted by molar-refractivity contribution is 9.11. The van der Waals surface area contributed by atoms with E-state index in [0.29, 0.717) is 15.9 Å². The van der Waals surface area contributed by atoms with Gasteiger partial charge in [-0.15, -0.1) is 0 Å². The smallest absolute Gasteiger partial charge is 0.244 e. The number of hydrogen-bond donors (Lipinski definition) is 1. The molecule has 2 rings (SSSR count). The fourth-order valence-corrected chi connectivity index (χ4v) is 5.68. The van der Waals surface area contributed by atoms with Crippen LogP contribution in [0.25, 0.3) is 0 Å². The predicted molar refractivity (Wildman–Crippen MR) is 87.3 cm³/mol. The van der Waals surface area contributed by atoms with Gasteiger partial charge in [0.1, 0.15) is 0 Å². The molecule has 0 spiro atoms. The molecule has 0 unspecified atom stereocenters. The molecule has 1 aliphatic rings. The molecule has 0 atom stereocenters.